The molecule has 2 rings (SSSR count). The molecule has 5 nitrogen and oxygen atoms in total. The summed E-state index contributed by atoms with van der Waals surface area (Å²) in [4.78, 5) is 24.7. The largest absolute Gasteiger partial charge is 0.493 e. The molecule has 1 N–H and O–H groups in total. The zero-order chi connectivity index (χ0) is 15.4. The normalized spacial score (nSPS) is 21.3. The fourth-order valence-electron chi connectivity index (χ4n) is 2.46. The maximum atomic E-state index is 12.0. The quantitative estimate of drug-likeness (QED) is 0.906. The number of hydrogen-bond acceptors (Lipinski definition) is 3. The number of carboxylic acid groups (broad SMARTS) is 1. The molecule has 1 aromatic carbocycles. The van der Waals surface area contributed by atoms with E-state index in [9.17, 15) is 9.59 Å². The molecule has 0 saturated carbocycles. The Morgan fingerprint density at radius 1 is 1.43 bits per heavy atom. The molecule has 1 aliphatic heterocycles. The van der Waals surface area contributed by atoms with E-state index in [1.54, 1.807) is 29.2 Å². The first-order valence-electron chi connectivity index (χ1n) is 6.86. The Morgan fingerprint density at radius 3 is 2.81 bits per heavy atom. The highest BCUT2D eigenvalue weighted by Gasteiger charge is 2.36. The molecule has 1 amide bonds. The molecule has 2 atom stereocenters. The summed E-state index contributed by atoms with van der Waals surface area (Å²) < 4.78 is 5.47. The molecule has 0 aromatic heterocycles. The van der Waals surface area contributed by atoms with Crippen LogP contribution < -0.4 is 4.74 Å². The van der Waals surface area contributed by atoms with E-state index in [1.807, 2.05) is 6.92 Å². The van der Waals surface area contributed by atoms with Crippen LogP contribution in [0.25, 0.3) is 0 Å². The van der Waals surface area contributed by atoms with Gasteiger partial charge < -0.3 is 14.7 Å². The first-order valence-corrected chi connectivity index (χ1v) is 7.24. The number of carbonyl (C=O) groups excluding carboxylic acids is 1. The number of benzene rings is 1. The Labute approximate surface area is 128 Å². The third-order valence-corrected chi connectivity index (χ3v) is 3.90. The van der Waals surface area contributed by atoms with Crippen molar-refractivity contribution in [1.29, 1.82) is 0 Å². The maximum absolute atomic E-state index is 12.0. The molecule has 1 fully saturated rings. The van der Waals surface area contributed by atoms with Gasteiger partial charge in [0.1, 0.15) is 5.75 Å². The second kappa shape index (κ2) is 6.80. The highest BCUT2D eigenvalue weighted by molar-refractivity contribution is 6.30. The van der Waals surface area contributed by atoms with E-state index in [0.717, 1.165) is 0 Å². The number of hydrogen-bond donors (Lipinski definition) is 1. The number of carboxylic acids is 1. The Balaban J connectivity index is 1.79. The molecule has 0 bridgehead atoms. The van der Waals surface area contributed by atoms with E-state index in [4.69, 9.17) is 21.4 Å². The van der Waals surface area contributed by atoms with Crippen LogP contribution in [0.4, 0.5) is 0 Å². The SMILES string of the molecule is CC1CN(C(=O)CCOc2cccc(Cl)c2)CC1C(=O)O. The van der Waals surface area contributed by atoms with Gasteiger partial charge in [-0.05, 0) is 24.1 Å². The second-order valence-corrected chi connectivity index (χ2v) is 5.71. The van der Waals surface area contributed by atoms with Crippen LogP contribution in [0.5, 0.6) is 5.75 Å². The first kappa shape index (κ1) is 15.6. The van der Waals surface area contributed by atoms with E-state index in [2.05, 4.69) is 0 Å². The van der Waals surface area contributed by atoms with Gasteiger partial charge in [-0.3, -0.25) is 9.59 Å². The number of ether oxygens (including phenoxy) is 1. The van der Waals surface area contributed by atoms with Gasteiger partial charge in [0.05, 0.1) is 18.9 Å². The number of nitrogens with zero attached hydrogens (tertiary/aromatic N) is 1. The lowest BCUT2D eigenvalue weighted by Gasteiger charge is -2.16. The van der Waals surface area contributed by atoms with Crippen molar-refractivity contribution >= 4 is 23.5 Å². The first-order chi connectivity index (χ1) is 9.97. The summed E-state index contributed by atoms with van der Waals surface area (Å²) >= 11 is 5.84. The average Bonchev–Trinajstić information content (AvgIpc) is 2.81. The lowest BCUT2D eigenvalue weighted by Crippen LogP contribution is -2.30. The lowest BCUT2D eigenvalue weighted by atomic mass is 9.99. The summed E-state index contributed by atoms with van der Waals surface area (Å²) in [6.45, 7) is 2.88. The highest BCUT2D eigenvalue weighted by Crippen LogP contribution is 2.24. The molecule has 0 spiro atoms. The van der Waals surface area contributed by atoms with E-state index < -0.39 is 11.9 Å². The van der Waals surface area contributed by atoms with Crippen LogP contribution in [0, 0.1) is 11.8 Å². The van der Waals surface area contributed by atoms with Crippen LogP contribution in [0.2, 0.25) is 5.02 Å². The number of carbonyl (C=O) groups is 2. The van der Waals surface area contributed by atoms with Gasteiger partial charge in [0.25, 0.3) is 0 Å². The van der Waals surface area contributed by atoms with Gasteiger partial charge in [-0.15, -0.1) is 0 Å². The summed E-state index contributed by atoms with van der Waals surface area (Å²) in [6.07, 6.45) is 0.228. The summed E-state index contributed by atoms with van der Waals surface area (Å²) in [5.74, 6) is -0.780. The minimum atomic E-state index is -0.840. The van der Waals surface area contributed by atoms with Gasteiger partial charge >= 0.3 is 5.97 Å². The standard InChI is InChI=1S/C15H18ClNO4/c1-10-8-17(9-13(10)15(19)20)14(18)5-6-21-12-4-2-3-11(16)7-12/h2-4,7,10,13H,5-6,8-9H2,1H3,(H,19,20). The van der Waals surface area contributed by atoms with Crippen molar-refractivity contribution in [2.24, 2.45) is 11.8 Å². The predicted molar refractivity (Wildman–Crippen MR) is 78.4 cm³/mol. The third kappa shape index (κ3) is 4.11. The number of aliphatic carboxylic acids is 1. The van der Waals surface area contributed by atoms with Gasteiger partial charge in [-0.1, -0.05) is 24.6 Å². The number of rotatable bonds is 5. The number of amides is 1. The molecule has 1 aliphatic rings. The van der Waals surface area contributed by atoms with Crippen molar-refractivity contribution in [2.75, 3.05) is 19.7 Å². The fraction of sp³-hybridized carbons (Fsp3) is 0.467. The Kier molecular flexibility index (Phi) is 5.07. The minimum Gasteiger partial charge on any atom is -0.493 e. The van der Waals surface area contributed by atoms with Crippen molar-refractivity contribution < 1.29 is 19.4 Å². The van der Waals surface area contributed by atoms with Gasteiger partial charge in [0, 0.05) is 18.1 Å². The summed E-state index contributed by atoms with van der Waals surface area (Å²) in [7, 11) is 0. The van der Waals surface area contributed by atoms with Gasteiger partial charge in [0.15, 0.2) is 0 Å². The molecule has 0 radical (unpaired) electrons. The molecular weight excluding hydrogens is 294 g/mol. The molecule has 114 valence electrons. The minimum absolute atomic E-state index is 0.0136. The van der Waals surface area contributed by atoms with Crippen molar-refractivity contribution in [3.63, 3.8) is 0 Å². The molecule has 1 aromatic rings. The predicted octanol–water partition coefficient (Wildman–Crippen LogP) is 2.29. The van der Waals surface area contributed by atoms with Gasteiger partial charge in [0.2, 0.25) is 5.91 Å². The number of likely N-dealkylation sites (tertiary alicyclic amines) is 1. The van der Waals surface area contributed by atoms with E-state index in [0.29, 0.717) is 17.3 Å². The molecule has 0 aliphatic carbocycles. The zero-order valence-electron chi connectivity index (χ0n) is 11.8. The topological polar surface area (TPSA) is 66.8 Å². The second-order valence-electron chi connectivity index (χ2n) is 5.28. The van der Waals surface area contributed by atoms with Crippen LogP contribution in [-0.4, -0.2) is 41.6 Å². The molecule has 1 heterocycles. The molecular formula is C15H18ClNO4. The smallest absolute Gasteiger partial charge is 0.308 e. The van der Waals surface area contributed by atoms with Gasteiger partial charge in [-0.2, -0.15) is 0 Å². The lowest BCUT2D eigenvalue weighted by molar-refractivity contribution is -0.142. The summed E-state index contributed by atoms with van der Waals surface area (Å²) in [5.41, 5.74) is 0. The number of halogens is 1. The molecule has 6 heteroatoms. The van der Waals surface area contributed by atoms with Gasteiger partial charge in [-0.25, -0.2) is 0 Å². The maximum Gasteiger partial charge on any atom is 0.308 e. The van der Waals surface area contributed by atoms with Crippen molar-refractivity contribution in [2.45, 2.75) is 13.3 Å². The van der Waals surface area contributed by atoms with Crippen LogP contribution >= 0.6 is 11.6 Å². The Morgan fingerprint density at radius 2 is 2.19 bits per heavy atom. The van der Waals surface area contributed by atoms with Crippen LogP contribution in [0.15, 0.2) is 24.3 Å². The van der Waals surface area contributed by atoms with Crippen LogP contribution in [0.1, 0.15) is 13.3 Å². The molecule has 1 saturated heterocycles. The monoisotopic (exact) mass is 311 g/mol. The van der Waals surface area contributed by atoms with Crippen LogP contribution in [-0.2, 0) is 9.59 Å². The Hall–Kier alpha value is -1.75. The summed E-state index contributed by atoms with van der Waals surface area (Å²) in [5, 5.41) is 9.64. The van der Waals surface area contributed by atoms with Crippen molar-refractivity contribution in [3.05, 3.63) is 29.3 Å². The van der Waals surface area contributed by atoms with E-state index >= 15 is 0 Å². The third-order valence-electron chi connectivity index (χ3n) is 3.66. The van der Waals surface area contributed by atoms with E-state index in [-0.39, 0.29) is 31.4 Å². The van der Waals surface area contributed by atoms with Crippen molar-refractivity contribution in [1.82, 2.24) is 4.90 Å². The highest BCUT2D eigenvalue weighted by atomic mass is 35.5. The molecule has 21 heavy (non-hydrogen) atoms. The molecule has 2 unspecified atom stereocenters. The zero-order valence-corrected chi connectivity index (χ0v) is 12.5. The van der Waals surface area contributed by atoms with Crippen molar-refractivity contribution in [3.8, 4) is 5.75 Å². The average molecular weight is 312 g/mol. The van der Waals surface area contributed by atoms with E-state index in [1.165, 1.54) is 0 Å². The fourth-order valence-corrected chi connectivity index (χ4v) is 2.64. The summed E-state index contributed by atoms with van der Waals surface area (Å²) in [6, 6.07) is 6.98. The Bertz CT molecular complexity index is 534. The van der Waals surface area contributed by atoms with Crippen LogP contribution in [0.3, 0.4) is 0 Å².